The molecule has 3 heterocycles. The summed E-state index contributed by atoms with van der Waals surface area (Å²) in [5.41, 5.74) is 7.45. The summed E-state index contributed by atoms with van der Waals surface area (Å²) in [4.78, 5) is 4.81. The van der Waals surface area contributed by atoms with E-state index in [-0.39, 0.29) is 31.9 Å². The molecule has 0 saturated heterocycles. The minimum atomic E-state index is -0.130. The van der Waals surface area contributed by atoms with Crippen LogP contribution in [0.2, 0.25) is 0 Å². The molecule has 0 atom stereocenters. The molecule has 0 saturated carbocycles. The first-order valence-corrected chi connectivity index (χ1v) is 16.7. The Morgan fingerprint density at radius 2 is 1.49 bits per heavy atom. The first kappa shape index (κ1) is 34.4. The second kappa shape index (κ2) is 13.1. The summed E-state index contributed by atoms with van der Waals surface area (Å²) in [5, 5.41) is 2.25. The molecule has 0 radical (unpaired) electrons. The Balaban J connectivity index is 0.00000417. The van der Waals surface area contributed by atoms with Crippen LogP contribution in [-0.4, -0.2) is 14.1 Å². The predicted octanol–water partition coefficient (Wildman–Crippen LogP) is 10.2. The minimum absolute atomic E-state index is 0. The second-order valence-corrected chi connectivity index (χ2v) is 14.9. The zero-order chi connectivity index (χ0) is 33.8. The van der Waals surface area contributed by atoms with E-state index in [2.05, 4.69) is 160 Å². The van der Waals surface area contributed by atoms with Gasteiger partial charge in [-0.1, -0.05) is 91.2 Å². The molecule has 0 aliphatic rings. The van der Waals surface area contributed by atoms with Crippen LogP contribution in [0.15, 0.2) is 103 Å². The van der Waals surface area contributed by atoms with Crippen molar-refractivity contribution in [3.05, 3.63) is 139 Å². The summed E-state index contributed by atoms with van der Waals surface area (Å²) in [6.45, 7) is 17.7. The number of pyridine rings is 1. The molecule has 0 bridgehead atoms. The van der Waals surface area contributed by atoms with Crippen molar-refractivity contribution >= 4 is 21.8 Å². The fourth-order valence-corrected chi connectivity index (χ4v) is 6.16. The number of hydrogen-bond donors (Lipinski definition) is 0. The Morgan fingerprint density at radius 1 is 0.755 bits per heavy atom. The van der Waals surface area contributed by atoms with Gasteiger partial charge in [-0.3, -0.25) is 4.57 Å². The van der Waals surface area contributed by atoms with Gasteiger partial charge >= 0.3 is 0 Å². The topological polar surface area (TPSA) is 35.9 Å². The molecule has 4 aromatic carbocycles. The number of nitrogens with zero attached hydrogens (tertiary/aromatic N) is 4. The van der Waals surface area contributed by atoms with E-state index in [1.54, 1.807) is 0 Å². The van der Waals surface area contributed by atoms with E-state index in [1.807, 2.05) is 30.5 Å². The van der Waals surface area contributed by atoms with Crippen molar-refractivity contribution in [1.29, 1.82) is 0 Å². The average molecular weight is 826 g/mol. The molecule has 49 heavy (non-hydrogen) atoms. The average Bonchev–Trinajstić information content (AvgIpc) is 3.65. The van der Waals surface area contributed by atoms with Crippen LogP contribution in [0.5, 0.6) is 11.5 Å². The molecule has 5 nitrogen and oxygen atoms in total. The number of benzene rings is 4. The first-order valence-electron chi connectivity index (χ1n) is 16.7. The summed E-state index contributed by atoms with van der Waals surface area (Å²) in [6.07, 6.45) is 7.63. The van der Waals surface area contributed by atoms with Gasteiger partial charge in [0.1, 0.15) is 5.82 Å². The third-order valence-electron chi connectivity index (χ3n) is 8.92. The van der Waals surface area contributed by atoms with E-state index in [9.17, 15) is 0 Å². The van der Waals surface area contributed by atoms with E-state index in [0.29, 0.717) is 17.4 Å². The van der Waals surface area contributed by atoms with Crippen LogP contribution in [0.1, 0.15) is 78.1 Å². The molecule has 7 aromatic rings. The van der Waals surface area contributed by atoms with Crippen molar-refractivity contribution in [2.24, 2.45) is 0 Å². The van der Waals surface area contributed by atoms with Crippen LogP contribution in [0.3, 0.4) is 0 Å². The largest absolute Gasteiger partial charge is 0.510 e. The molecule has 0 spiro atoms. The smallest absolute Gasteiger partial charge is 0.267 e. The molecule has 0 aliphatic carbocycles. The zero-order valence-corrected chi connectivity index (χ0v) is 31.7. The van der Waals surface area contributed by atoms with Gasteiger partial charge in [-0.15, -0.1) is 29.7 Å². The Bertz CT molecular complexity index is 2260. The van der Waals surface area contributed by atoms with Crippen molar-refractivity contribution < 1.29 is 30.4 Å². The molecule has 0 fully saturated rings. The molecule has 6 heteroatoms. The van der Waals surface area contributed by atoms with Crippen LogP contribution in [0.25, 0.3) is 39.0 Å². The molecular weight excluding hydrogens is 784 g/mol. The Morgan fingerprint density at radius 3 is 2.20 bits per heavy atom. The van der Waals surface area contributed by atoms with Gasteiger partial charge in [-0.05, 0) is 69.3 Å². The fourth-order valence-electron chi connectivity index (χ4n) is 6.16. The summed E-state index contributed by atoms with van der Waals surface area (Å²) in [7, 11) is 0. The van der Waals surface area contributed by atoms with Gasteiger partial charge in [0.05, 0.1) is 11.4 Å². The molecule has 3 aromatic heterocycles. The van der Waals surface area contributed by atoms with Crippen molar-refractivity contribution in [3.8, 4) is 28.7 Å². The normalized spacial score (nSPS) is 12.1. The quantitative estimate of drug-likeness (QED) is 0.124. The maximum atomic E-state index is 6.49. The van der Waals surface area contributed by atoms with Gasteiger partial charge in [-0.25, -0.2) is 4.98 Å². The molecule has 0 unspecified atom stereocenters. The number of imidazole rings is 1. The molecule has 0 N–H and O–H groups in total. The Hall–Kier alpha value is -4.47. The summed E-state index contributed by atoms with van der Waals surface area (Å²) in [5.74, 6) is 2.56. The van der Waals surface area contributed by atoms with Gasteiger partial charge in [0.25, 0.3) is 6.33 Å². The molecule has 252 valence electrons. The van der Waals surface area contributed by atoms with Crippen molar-refractivity contribution in [1.82, 2.24) is 14.1 Å². The maximum Gasteiger partial charge on any atom is 0.267 e. The molecular formula is C43H42N4OPt-2. The van der Waals surface area contributed by atoms with Gasteiger partial charge in [0.2, 0.25) is 0 Å². The van der Waals surface area contributed by atoms with Crippen LogP contribution in [0.4, 0.5) is 0 Å². The van der Waals surface area contributed by atoms with Crippen molar-refractivity contribution in [3.63, 3.8) is 0 Å². The number of para-hydroxylation sites is 1. The van der Waals surface area contributed by atoms with Crippen molar-refractivity contribution in [2.45, 2.75) is 72.1 Å². The molecule has 0 amide bonds. The van der Waals surface area contributed by atoms with E-state index < -0.39 is 0 Å². The van der Waals surface area contributed by atoms with Gasteiger partial charge in [0, 0.05) is 50.5 Å². The van der Waals surface area contributed by atoms with E-state index in [0.717, 1.165) is 44.7 Å². The summed E-state index contributed by atoms with van der Waals surface area (Å²) in [6, 6.07) is 38.6. The third kappa shape index (κ3) is 6.74. The standard InChI is InChI=1S/C43H42N4O.Pt/c1-29(2)30-16-18-32(19-17-30)45-27-40(43(6,7)8)46(28-45)33-12-11-13-34(25-33)48-35-20-21-37-36-14-9-10-15-38(36)47(39(37)26-35)41-24-31(22-23-44-41)42(3,4)5;/h9-24,27,29H,1-8H3;/q-2;. The Labute approximate surface area is 304 Å². The third-order valence-corrected chi connectivity index (χ3v) is 8.92. The Kier molecular flexibility index (Phi) is 9.19. The van der Waals surface area contributed by atoms with Gasteiger partial charge in [0.15, 0.2) is 0 Å². The maximum absolute atomic E-state index is 6.49. The zero-order valence-electron chi connectivity index (χ0n) is 29.4. The van der Waals surface area contributed by atoms with Crippen LogP contribution >= 0.6 is 0 Å². The molecule has 0 aliphatic heterocycles. The number of ether oxygens (including phenoxy) is 1. The number of fused-ring (bicyclic) bond motifs is 3. The number of hydrogen-bond acceptors (Lipinski definition) is 2. The summed E-state index contributed by atoms with van der Waals surface area (Å²) < 4.78 is 12.8. The fraction of sp³-hybridized carbons (Fsp3) is 0.256. The number of aromatic nitrogens is 4. The van der Waals surface area contributed by atoms with Crippen molar-refractivity contribution in [2.75, 3.05) is 0 Å². The van der Waals surface area contributed by atoms with Crippen LogP contribution < -0.4 is 9.30 Å². The summed E-state index contributed by atoms with van der Waals surface area (Å²) >= 11 is 0. The van der Waals surface area contributed by atoms with Gasteiger partial charge in [-0.2, -0.15) is 18.2 Å². The minimum Gasteiger partial charge on any atom is -0.510 e. The second-order valence-electron chi connectivity index (χ2n) is 14.9. The SMILES string of the molecule is CC(C)c1ccc(-[n+]2[c-]n(-c3[c-]c(Oc4[c-]c5c(cc4)c4ccccc4n5-c4cc(C(C)(C)C)ccn4)ccc3)c(C(C)(C)C)c2)cc1.[Pt]. The monoisotopic (exact) mass is 825 g/mol. The predicted molar refractivity (Wildman–Crippen MR) is 194 cm³/mol. The van der Waals surface area contributed by atoms with E-state index in [4.69, 9.17) is 9.72 Å². The van der Waals surface area contributed by atoms with Crippen LogP contribution in [-0.2, 0) is 31.9 Å². The van der Waals surface area contributed by atoms with Crippen LogP contribution in [0, 0.1) is 18.5 Å². The van der Waals surface area contributed by atoms with E-state index in [1.165, 1.54) is 11.1 Å². The van der Waals surface area contributed by atoms with E-state index >= 15 is 0 Å². The first-order chi connectivity index (χ1) is 22.9. The molecule has 7 rings (SSSR count). The number of rotatable bonds is 6. The van der Waals surface area contributed by atoms with Gasteiger partial charge < -0.3 is 13.9 Å².